The maximum atomic E-state index is 13.2. The van der Waals surface area contributed by atoms with Crippen molar-refractivity contribution in [1.82, 2.24) is 14.7 Å². The lowest BCUT2D eigenvalue weighted by atomic mass is 10.1. The van der Waals surface area contributed by atoms with Crippen molar-refractivity contribution < 1.29 is 19.1 Å². The van der Waals surface area contributed by atoms with E-state index in [-0.39, 0.29) is 37.2 Å². The van der Waals surface area contributed by atoms with Crippen LogP contribution in [0.2, 0.25) is 0 Å². The number of amides is 3. The highest BCUT2D eigenvalue weighted by Crippen LogP contribution is 2.21. The van der Waals surface area contributed by atoms with Crippen LogP contribution in [-0.4, -0.2) is 71.8 Å². The van der Waals surface area contributed by atoms with Gasteiger partial charge in [-0.05, 0) is 29.7 Å². The minimum absolute atomic E-state index is 0.0458. The van der Waals surface area contributed by atoms with Gasteiger partial charge in [0.05, 0.1) is 20.1 Å². The third-order valence-electron chi connectivity index (χ3n) is 5.90. The zero-order valence-corrected chi connectivity index (χ0v) is 17.7. The molecule has 0 bridgehead atoms. The van der Waals surface area contributed by atoms with E-state index < -0.39 is 6.04 Å². The van der Waals surface area contributed by atoms with Crippen LogP contribution in [0, 0.1) is 0 Å². The zero-order valence-electron chi connectivity index (χ0n) is 17.7. The van der Waals surface area contributed by atoms with E-state index in [0.29, 0.717) is 31.8 Å². The van der Waals surface area contributed by atoms with Gasteiger partial charge in [0.15, 0.2) is 0 Å². The van der Waals surface area contributed by atoms with Crippen molar-refractivity contribution >= 4 is 17.7 Å². The van der Waals surface area contributed by atoms with E-state index in [1.165, 1.54) is 0 Å². The van der Waals surface area contributed by atoms with Crippen molar-refractivity contribution in [3.63, 3.8) is 0 Å². The number of fused-ring (bicyclic) bond motifs is 1. The van der Waals surface area contributed by atoms with Crippen molar-refractivity contribution in [1.29, 1.82) is 0 Å². The van der Waals surface area contributed by atoms with Crippen LogP contribution in [0.4, 0.5) is 0 Å². The third-order valence-corrected chi connectivity index (χ3v) is 5.90. The quantitative estimate of drug-likeness (QED) is 0.737. The van der Waals surface area contributed by atoms with Crippen LogP contribution in [0.3, 0.4) is 0 Å². The fourth-order valence-electron chi connectivity index (χ4n) is 4.27. The van der Waals surface area contributed by atoms with Gasteiger partial charge >= 0.3 is 0 Å². The molecule has 1 unspecified atom stereocenters. The summed E-state index contributed by atoms with van der Waals surface area (Å²) >= 11 is 0. The van der Waals surface area contributed by atoms with Gasteiger partial charge in [0, 0.05) is 19.6 Å². The fourth-order valence-corrected chi connectivity index (χ4v) is 4.27. The van der Waals surface area contributed by atoms with Gasteiger partial charge in [-0.2, -0.15) is 0 Å². The average Bonchev–Trinajstić information content (AvgIpc) is 3.02. The van der Waals surface area contributed by atoms with Gasteiger partial charge in [-0.1, -0.05) is 42.5 Å². The Morgan fingerprint density at radius 1 is 1.03 bits per heavy atom. The first-order valence-corrected chi connectivity index (χ1v) is 10.6. The molecule has 1 atom stereocenters. The van der Waals surface area contributed by atoms with Gasteiger partial charge in [-0.15, -0.1) is 0 Å². The summed E-state index contributed by atoms with van der Waals surface area (Å²) in [5.41, 5.74) is 1.85. The highest BCUT2D eigenvalue weighted by molar-refractivity contribution is 5.95. The molecular weight excluding hydrogens is 394 g/mol. The van der Waals surface area contributed by atoms with Gasteiger partial charge < -0.3 is 19.4 Å². The summed E-state index contributed by atoms with van der Waals surface area (Å²) in [6, 6.07) is 16.5. The van der Waals surface area contributed by atoms with E-state index >= 15 is 0 Å². The molecule has 0 N–H and O–H groups in total. The second-order valence-electron chi connectivity index (χ2n) is 8.00. The Morgan fingerprint density at radius 2 is 1.81 bits per heavy atom. The summed E-state index contributed by atoms with van der Waals surface area (Å²) in [5, 5.41) is 0. The van der Waals surface area contributed by atoms with Crippen LogP contribution >= 0.6 is 0 Å². The van der Waals surface area contributed by atoms with E-state index in [4.69, 9.17) is 4.74 Å². The molecule has 4 rings (SSSR count). The first-order valence-electron chi connectivity index (χ1n) is 10.6. The van der Waals surface area contributed by atoms with Gasteiger partial charge in [0.1, 0.15) is 18.3 Å². The first kappa shape index (κ1) is 20.9. The molecule has 2 heterocycles. The monoisotopic (exact) mass is 421 g/mol. The lowest BCUT2D eigenvalue weighted by Crippen LogP contribution is -2.61. The highest BCUT2D eigenvalue weighted by Gasteiger charge is 2.41. The Balaban J connectivity index is 1.47. The van der Waals surface area contributed by atoms with Crippen molar-refractivity contribution in [2.75, 3.05) is 33.3 Å². The molecule has 162 valence electrons. The van der Waals surface area contributed by atoms with E-state index in [0.717, 1.165) is 11.1 Å². The Labute approximate surface area is 182 Å². The molecule has 2 aliphatic heterocycles. The van der Waals surface area contributed by atoms with Crippen molar-refractivity contribution in [2.24, 2.45) is 0 Å². The summed E-state index contributed by atoms with van der Waals surface area (Å²) in [4.78, 5) is 44.0. The Hall–Kier alpha value is -3.35. The maximum Gasteiger partial charge on any atom is 0.247 e. The lowest BCUT2D eigenvalue weighted by molar-refractivity contribution is -0.157. The molecule has 2 aromatic rings. The number of nitrogens with zero attached hydrogens (tertiary/aromatic N) is 3. The van der Waals surface area contributed by atoms with Crippen LogP contribution in [0.1, 0.15) is 17.5 Å². The van der Waals surface area contributed by atoms with E-state index in [1.807, 2.05) is 54.6 Å². The molecule has 2 aliphatic rings. The molecule has 0 aliphatic carbocycles. The van der Waals surface area contributed by atoms with Gasteiger partial charge in [-0.3, -0.25) is 14.4 Å². The highest BCUT2D eigenvalue weighted by atomic mass is 16.5. The Morgan fingerprint density at radius 3 is 2.58 bits per heavy atom. The molecule has 31 heavy (non-hydrogen) atoms. The third kappa shape index (κ3) is 4.71. The van der Waals surface area contributed by atoms with E-state index in [2.05, 4.69) is 0 Å². The number of hydrogen-bond acceptors (Lipinski definition) is 4. The van der Waals surface area contributed by atoms with Crippen molar-refractivity contribution in [3.05, 3.63) is 65.7 Å². The maximum absolute atomic E-state index is 13.2. The number of rotatable bonds is 5. The van der Waals surface area contributed by atoms with Crippen LogP contribution in [0.25, 0.3) is 0 Å². The first-order chi connectivity index (χ1) is 15.0. The van der Waals surface area contributed by atoms with Gasteiger partial charge in [-0.25, -0.2) is 0 Å². The number of piperazine rings is 1. The average molecular weight is 421 g/mol. The molecule has 7 nitrogen and oxygen atoms in total. The summed E-state index contributed by atoms with van der Waals surface area (Å²) < 4.78 is 5.24. The molecule has 2 aromatic carbocycles. The van der Waals surface area contributed by atoms with E-state index in [9.17, 15) is 14.4 Å². The Kier molecular flexibility index (Phi) is 6.21. The molecule has 0 spiro atoms. The number of hydrogen-bond donors (Lipinski definition) is 0. The van der Waals surface area contributed by atoms with Crippen LogP contribution in [0.15, 0.2) is 54.6 Å². The van der Waals surface area contributed by atoms with Crippen LogP contribution in [-0.2, 0) is 27.3 Å². The van der Waals surface area contributed by atoms with Crippen LogP contribution in [0.5, 0.6) is 5.75 Å². The number of benzene rings is 2. The topological polar surface area (TPSA) is 70.2 Å². The molecule has 2 saturated heterocycles. The zero-order chi connectivity index (χ0) is 21.8. The normalized spacial score (nSPS) is 19.1. The smallest absolute Gasteiger partial charge is 0.247 e. The SMILES string of the molecule is COc1cccc(CC(=O)N2CCCN3C(=O)CN(Cc4ccccc4)C(=O)C3C2)c1. The molecular formula is C24H27N3O4. The summed E-state index contributed by atoms with van der Waals surface area (Å²) in [6.07, 6.45) is 0.901. The number of carbonyl (C=O) groups is 3. The fraction of sp³-hybridized carbons (Fsp3) is 0.375. The van der Waals surface area contributed by atoms with Crippen molar-refractivity contribution in [3.8, 4) is 5.75 Å². The minimum Gasteiger partial charge on any atom is -0.497 e. The number of carbonyl (C=O) groups excluding carboxylic acids is 3. The van der Waals surface area contributed by atoms with Gasteiger partial charge in [0.2, 0.25) is 17.7 Å². The standard InChI is InChI=1S/C24H27N3O4/c1-31-20-10-5-9-19(13-20)14-22(28)25-11-6-12-27-21(16-25)24(30)26(17-23(27)29)15-18-7-3-2-4-8-18/h2-5,7-10,13,21H,6,11-12,14-17H2,1H3. The number of ether oxygens (including phenoxy) is 1. The van der Waals surface area contributed by atoms with Gasteiger partial charge in [0.25, 0.3) is 0 Å². The molecule has 0 saturated carbocycles. The summed E-state index contributed by atoms with van der Waals surface area (Å²) in [6.45, 7) is 1.75. The second kappa shape index (κ2) is 9.20. The number of methoxy groups -OCH3 is 1. The molecule has 0 aromatic heterocycles. The largest absolute Gasteiger partial charge is 0.497 e. The van der Waals surface area contributed by atoms with Crippen molar-refractivity contribution in [2.45, 2.75) is 25.4 Å². The Bertz CT molecular complexity index is 962. The van der Waals surface area contributed by atoms with Crippen LogP contribution < -0.4 is 4.74 Å². The summed E-state index contributed by atoms with van der Waals surface area (Å²) in [7, 11) is 1.59. The predicted molar refractivity (Wildman–Crippen MR) is 115 cm³/mol. The van der Waals surface area contributed by atoms with E-state index in [1.54, 1.807) is 21.8 Å². The second-order valence-corrected chi connectivity index (χ2v) is 8.00. The molecule has 2 fully saturated rings. The minimum atomic E-state index is -0.623. The lowest BCUT2D eigenvalue weighted by Gasteiger charge is -2.40. The molecule has 0 radical (unpaired) electrons. The molecule has 7 heteroatoms. The molecule has 3 amide bonds. The summed E-state index contributed by atoms with van der Waals surface area (Å²) in [5.74, 6) is 0.514. The predicted octanol–water partition coefficient (Wildman–Crippen LogP) is 1.71.